The fraction of sp³-hybridized carbons (Fsp3) is 0.818. The summed E-state index contributed by atoms with van der Waals surface area (Å²) in [5.74, 6) is -0.0267. The highest BCUT2D eigenvalue weighted by molar-refractivity contribution is 4.99. The van der Waals surface area contributed by atoms with Crippen LogP contribution in [0.1, 0.15) is 6.42 Å². The maximum atomic E-state index is 9.99. The van der Waals surface area contributed by atoms with E-state index in [1.54, 1.807) is 7.11 Å². The van der Waals surface area contributed by atoms with E-state index in [1.807, 2.05) is 0 Å². The minimum atomic E-state index is -0.671. The lowest BCUT2D eigenvalue weighted by atomic mass is 9.97. The maximum Gasteiger partial charge on any atom is 0.177 e. The minimum Gasteiger partial charge on any atom is -0.394 e. The summed E-state index contributed by atoms with van der Waals surface area (Å²) < 4.78 is 16.2. The number of aliphatic hydroxyl groups excluding tert-OH is 2. The zero-order chi connectivity index (χ0) is 11.7. The second-order valence-electron chi connectivity index (χ2n) is 4.23. The zero-order valence-electron chi connectivity index (χ0n) is 9.28. The summed E-state index contributed by atoms with van der Waals surface area (Å²) in [7, 11) is 1.56. The highest BCUT2D eigenvalue weighted by Gasteiger charge is 2.50. The fourth-order valence-corrected chi connectivity index (χ4v) is 2.54. The van der Waals surface area contributed by atoms with E-state index < -0.39 is 12.4 Å². The summed E-state index contributed by atoms with van der Waals surface area (Å²) in [6.07, 6.45) is -0.00551. The van der Waals surface area contributed by atoms with Crippen molar-refractivity contribution in [2.24, 2.45) is 5.92 Å². The molecule has 0 bridgehead atoms. The normalized spacial score (nSPS) is 47.7. The van der Waals surface area contributed by atoms with Crippen LogP contribution in [0.3, 0.4) is 0 Å². The van der Waals surface area contributed by atoms with Crippen molar-refractivity contribution in [2.45, 2.75) is 37.1 Å². The number of ether oxygens (including phenoxy) is 3. The molecule has 2 N–H and O–H groups in total. The molecule has 16 heavy (non-hydrogen) atoms. The van der Waals surface area contributed by atoms with E-state index in [9.17, 15) is 10.2 Å². The lowest BCUT2D eigenvalue weighted by Gasteiger charge is -2.37. The summed E-state index contributed by atoms with van der Waals surface area (Å²) >= 11 is 0. The second kappa shape index (κ2) is 4.81. The molecule has 1 aliphatic carbocycles. The third-order valence-corrected chi connectivity index (χ3v) is 3.40. The van der Waals surface area contributed by atoms with Crippen LogP contribution in [0.25, 0.3) is 0 Å². The van der Waals surface area contributed by atoms with Crippen molar-refractivity contribution in [3.05, 3.63) is 12.7 Å². The first kappa shape index (κ1) is 12.0. The third kappa shape index (κ3) is 1.89. The molecule has 92 valence electrons. The van der Waals surface area contributed by atoms with E-state index >= 15 is 0 Å². The van der Waals surface area contributed by atoms with Gasteiger partial charge in [-0.3, -0.25) is 0 Å². The maximum absolute atomic E-state index is 9.99. The van der Waals surface area contributed by atoms with Crippen molar-refractivity contribution in [2.75, 3.05) is 13.7 Å². The molecule has 1 saturated heterocycles. The van der Waals surface area contributed by atoms with Gasteiger partial charge in [-0.25, -0.2) is 0 Å². The Morgan fingerprint density at radius 2 is 2.25 bits per heavy atom. The van der Waals surface area contributed by atoms with Gasteiger partial charge in [0.25, 0.3) is 0 Å². The Kier molecular flexibility index (Phi) is 3.61. The van der Waals surface area contributed by atoms with Crippen molar-refractivity contribution in [1.29, 1.82) is 0 Å². The summed E-state index contributed by atoms with van der Waals surface area (Å²) in [6, 6.07) is 0. The first-order valence-corrected chi connectivity index (χ1v) is 5.46. The molecule has 2 rings (SSSR count). The van der Waals surface area contributed by atoms with Crippen molar-refractivity contribution < 1.29 is 24.4 Å². The zero-order valence-corrected chi connectivity index (χ0v) is 9.28. The number of aliphatic hydroxyl groups is 2. The number of hydrogen-bond acceptors (Lipinski definition) is 5. The standard InChI is InChI=1S/C11H18O5/c1-3-9-15-8(5-12)6-4-7(14-2)10(13)11(6)16-9/h3,6-13H,1,4-5H2,2H3. The number of rotatable bonds is 3. The highest BCUT2D eigenvalue weighted by Crippen LogP contribution is 2.38. The molecule has 0 aromatic heterocycles. The highest BCUT2D eigenvalue weighted by atomic mass is 16.7. The van der Waals surface area contributed by atoms with Crippen LogP contribution in [-0.4, -0.2) is 54.6 Å². The minimum absolute atomic E-state index is 0.0267. The summed E-state index contributed by atoms with van der Waals surface area (Å²) in [4.78, 5) is 0. The average molecular weight is 230 g/mol. The van der Waals surface area contributed by atoms with E-state index in [0.717, 1.165) is 0 Å². The molecular weight excluding hydrogens is 212 g/mol. The molecule has 1 heterocycles. The van der Waals surface area contributed by atoms with Gasteiger partial charge in [-0.1, -0.05) is 6.58 Å². The number of hydrogen-bond donors (Lipinski definition) is 2. The quantitative estimate of drug-likeness (QED) is 0.650. The Bertz CT molecular complexity index is 257. The van der Waals surface area contributed by atoms with Crippen molar-refractivity contribution >= 4 is 0 Å². The molecule has 6 unspecified atom stereocenters. The number of fused-ring (bicyclic) bond motifs is 1. The molecule has 0 aromatic carbocycles. The van der Waals surface area contributed by atoms with Gasteiger partial charge in [0.1, 0.15) is 6.10 Å². The van der Waals surface area contributed by atoms with Gasteiger partial charge in [0.05, 0.1) is 24.9 Å². The molecule has 0 amide bonds. The molecule has 0 radical (unpaired) electrons. The Labute approximate surface area is 94.6 Å². The van der Waals surface area contributed by atoms with E-state index in [4.69, 9.17) is 14.2 Å². The monoisotopic (exact) mass is 230 g/mol. The average Bonchev–Trinajstić information content (AvgIpc) is 2.65. The molecule has 5 nitrogen and oxygen atoms in total. The topological polar surface area (TPSA) is 68.2 Å². The first-order valence-electron chi connectivity index (χ1n) is 5.46. The second-order valence-corrected chi connectivity index (χ2v) is 4.23. The van der Waals surface area contributed by atoms with Gasteiger partial charge in [-0.2, -0.15) is 0 Å². The van der Waals surface area contributed by atoms with Crippen molar-refractivity contribution in [3.8, 4) is 0 Å². The van der Waals surface area contributed by atoms with Gasteiger partial charge in [-0.05, 0) is 12.5 Å². The van der Waals surface area contributed by atoms with Gasteiger partial charge in [0.2, 0.25) is 0 Å². The predicted molar refractivity (Wildman–Crippen MR) is 55.7 cm³/mol. The van der Waals surface area contributed by atoms with Gasteiger partial charge in [0, 0.05) is 13.0 Å². The van der Waals surface area contributed by atoms with Crippen LogP contribution < -0.4 is 0 Å². The molecule has 2 aliphatic rings. The summed E-state index contributed by atoms with van der Waals surface area (Å²) in [5.41, 5.74) is 0. The van der Waals surface area contributed by atoms with Gasteiger partial charge < -0.3 is 24.4 Å². The molecule has 5 heteroatoms. The van der Waals surface area contributed by atoms with Gasteiger partial charge in [-0.15, -0.1) is 0 Å². The summed E-state index contributed by atoms with van der Waals surface area (Å²) in [5, 5.41) is 19.2. The van der Waals surface area contributed by atoms with Crippen LogP contribution in [0.2, 0.25) is 0 Å². The first-order chi connectivity index (χ1) is 7.71. The molecule has 0 spiro atoms. The molecular formula is C11H18O5. The largest absolute Gasteiger partial charge is 0.394 e. The van der Waals surface area contributed by atoms with Crippen molar-refractivity contribution in [3.63, 3.8) is 0 Å². The SMILES string of the molecule is C=CC1OC(CO)C2CC(OC)C(O)C2O1. The Balaban J connectivity index is 2.13. The van der Waals surface area contributed by atoms with E-state index in [1.165, 1.54) is 6.08 Å². The Hall–Kier alpha value is -0.460. The van der Waals surface area contributed by atoms with Crippen LogP contribution in [0.4, 0.5) is 0 Å². The Morgan fingerprint density at radius 3 is 2.81 bits per heavy atom. The smallest absolute Gasteiger partial charge is 0.177 e. The van der Waals surface area contributed by atoms with Crippen LogP contribution in [0, 0.1) is 5.92 Å². The van der Waals surface area contributed by atoms with Crippen LogP contribution in [0.15, 0.2) is 12.7 Å². The molecule has 6 atom stereocenters. The third-order valence-electron chi connectivity index (χ3n) is 3.40. The van der Waals surface area contributed by atoms with E-state index in [2.05, 4.69) is 6.58 Å². The molecule has 1 saturated carbocycles. The van der Waals surface area contributed by atoms with Gasteiger partial charge >= 0.3 is 0 Å². The Morgan fingerprint density at radius 1 is 1.50 bits per heavy atom. The lowest BCUT2D eigenvalue weighted by Crippen LogP contribution is -2.48. The van der Waals surface area contributed by atoms with Crippen molar-refractivity contribution in [1.82, 2.24) is 0 Å². The molecule has 1 aliphatic heterocycles. The van der Waals surface area contributed by atoms with Crippen LogP contribution >= 0.6 is 0 Å². The van der Waals surface area contributed by atoms with Crippen LogP contribution in [0.5, 0.6) is 0 Å². The van der Waals surface area contributed by atoms with E-state index in [-0.39, 0.29) is 30.8 Å². The summed E-state index contributed by atoms with van der Waals surface area (Å²) in [6.45, 7) is 3.50. The van der Waals surface area contributed by atoms with Gasteiger partial charge in [0.15, 0.2) is 6.29 Å². The lowest BCUT2D eigenvalue weighted by molar-refractivity contribution is -0.260. The number of methoxy groups -OCH3 is 1. The van der Waals surface area contributed by atoms with E-state index in [0.29, 0.717) is 6.42 Å². The molecule has 0 aromatic rings. The fourth-order valence-electron chi connectivity index (χ4n) is 2.54. The van der Waals surface area contributed by atoms with Crippen LogP contribution in [-0.2, 0) is 14.2 Å². The predicted octanol–water partition coefficient (Wildman–Crippen LogP) is -0.329. The molecule has 2 fully saturated rings.